The van der Waals surface area contributed by atoms with Gasteiger partial charge >= 0.3 is 23.9 Å². The summed E-state index contributed by atoms with van der Waals surface area (Å²) < 4.78 is 23.1. The van der Waals surface area contributed by atoms with Crippen molar-refractivity contribution in [2.45, 2.75) is 52.9 Å². The first-order valence-corrected chi connectivity index (χ1v) is 14.1. The smallest absolute Gasteiger partial charge is 0.374 e. The number of carbonyl (C=O) groups excluding carboxylic acids is 4. The van der Waals surface area contributed by atoms with E-state index in [1.54, 1.807) is 0 Å². The van der Waals surface area contributed by atoms with Gasteiger partial charge in [0.2, 0.25) is 23.0 Å². The van der Waals surface area contributed by atoms with Crippen LogP contribution in [0.15, 0.2) is 49.6 Å². The Labute approximate surface area is 277 Å². The van der Waals surface area contributed by atoms with Gasteiger partial charge < -0.3 is 69.7 Å². The van der Waals surface area contributed by atoms with Gasteiger partial charge in [0.1, 0.15) is 23.5 Å². The third kappa shape index (κ3) is 20.5. The van der Waals surface area contributed by atoms with E-state index in [1.165, 1.54) is 32.1 Å². The third-order valence-corrected chi connectivity index (χ3v) is 4.88. The van der Waals surface area contributed by atoms with Crippen molar-refractivity contribution in [2.24, 2.45) is 11.5 Å². The molecule has 3 rings (SSSR count). The van der Waals surface area contributed by atoms with Crippen LogP contribution in [0.5, 0.6) is 0 Å². The van der Waals surface area contributed by atoms with Crippen molar-refractivity contribution in [3.05, 3.63) is 71.0 Å². The van der Waals surface area contributed by atoms with Crippen LogP contribution in [0.25, 0.3) is 0 Å². The van der Waals surface area contributed by atoms with E-state index >= 15 is 0 Å². The van der Waals surface area contributed by atoms with Crippen molar-refractivity contribution in [1.82, 2.24) is 0 Å². The Morgan fingerprint density at radius 1 is 0.646 bits per heavy atom. The fraction of sp³-hybridized carbons (Fsp3) is 0.400. The number of carboxylic acids is 4. The zero-order chi connectivity index (χ0) is 36.4. The second kappa shape index (κ2) is 27.8. The molecule has 272 valence electrons. The molecule has 3 aromatic heterocycles. The SMILES string of the molecule is CCCC.CCCCCOC(=O)c1ccc(C(=O)OC)o1.NCCN.O.O=C(O)c1ccc(C(=O)O)o1.O=C([O-])c1ccc(C(=O)[O-])o1.[2HH]. The average Bonchev–Trinajstić information content (AvgIpc) is 3.85. The quantitative estimate of drug-likeness (QED) is 0.153. The number of furan rings is 3. The standard InChI is InChI=1S/C12H16O5.2C6H4O5.C4H10.C2H8N2.H2O.H2/c1-3-4-5-8-16-12(14)10-7-6-9(17-10)11(13)15-2;2*7-5(8)3-1-2-4(11-3)6(9)10;1-3-4-2;3-1-2-4;;/h6-7H,3-5,8H2,1-2H3;2*1-2H,(H,7,8)(H,9,10);3-4H2,1-2H3;1-4H2;1H2;1H/p-2/i;;;;;;1+1. The summed E-state index contributed by atoms with van der Waals surface area (Å²) in [6, 6.07) is 6.93. The molecular formula is C30H44N2O16-2. The van der Waals surface area contributed by atoms with E-state index in [0.29, 0.717) is 19.7 Å². The number of rotatable bonds is 12. The maximum atomic E-state index is 11.5. The number of nitrogens with two attached hydrogens (primary N) is 2. The summed E-state index contributed by atoms with van der Waals surface area (Å²) in [7, 11) is 1.24. The van der Waals surface area contributed by atoms with Gasteiger partial charge in [-0.05, 0) is 42.8 Å². The van der Waals surface area contributed by atoms with E-state index in [4.69, 9.17) is 30.8 Å². The van der Waals surface area contributed by atoms with E-state index in [9.17, 15) is 39.0 Å². The molecule has 0 amide bonds. The Morgan fingerprint density at radius 3 is 1.29 bits per heavy atom. The molecule has 0 fully saturated rings. The van der Waals surface area contributed by atoms with Crippen molar-refractivity contribution in [2.75, 3.05) is 26.8 Å². The third-order valence-electron chi connectivity index (χ3n) is 4.88. The topological polar surface area (TPSA) is 330 Å². The lowest BCUT2D eigenvalue weighted by Gasteiger charge is -2.01. The Kier molecular flexibility index (Phi) is 27.2. The van der Waals surface area contributed by atoms with E-state index in [-0.39, 0.29) is 29.9 Å². The molecule has 8 N–H and O–H groups in total. The number of aromatic carboxylic acids is 4. The second-order valence-electron chi connectivity index (χ2n) is 8.59. The summed E-state index contributed by atoms with van der Waals surface area (Å²) in [5.74, 6) is -8.63. The molecule has 0 atom stereocenters. The molecule has 0 aliphatic rings. The zero-order valence-corrected chi connectivity index (χ0v) is 27.0. The summed E-state index contributed by atoms with van der Waals surface area (Å²) in [6.07, 6.45) is 5.54. The van der Waals surface area contributed by atoms with E-state index in [1.807, 2.05) is 0 Å². The molecule has 3 heterocycles. The summed E-state index contributed by atoms with van der Waals surface area (Å²) >= 11 is 0. The number of hydrogen-bond acceptors (Lipinski definition) is 15. The van der Waals surface area contributed by atoms with Gasteiger partial charge in [0.25, 0.3) is 0 Å². The molecule has 0 saturated heterocycles. The summed E-state index contributed by atoms with van der Waals surface area (Å²) in [6.45, 7) is 7.98. The molecule has 3 aromatic rings. The van der Waals surface area contributed by atoms with Crippen LogP contribution in [0.4, 0.5) is 0 Å². The molecule has 0 spiro atoms. The van der Waals surface area contributed by atoms with Gasteiger partial charge in [-0.2, -0.15) is 0 Å². The molecule has 0 unspecified atom stereocenters. The van der Waals surface area contributed by atoms with Gasteiger partial charge in [-0.15, -0.1) is 0 Å². The molecule has 0 aromatic carbocycles. The van der Waals surface area contributed by atoms with Crippen molar-refractivity contribution < 1.29 is 78.8 Å². The predicted octanol–water partition coefficient (Wildman–Crippen LogP) is 1.23. The molecule has 0 bridgehead atoms. The minimum atomic E-state index is -1.56. The second-order valence-corrected chi connectivity index (χ2v) is 8.59. The first kappa shape index (κ1) is 47.0. The fourth-order valence-corrected chi connectivity index (χ4v) is 2.37. The van der Waals surface area contributed by atoms with Crippen LogP contribution in [-0.2, 0) is 9.47 Å². The number of methoxy groups -OCH3 is 1. The monoisotopic (exact) mass is 689 g/mol. The van der Waals surface area contributed by atoms with Crippen molar-refractivity contribution in [3.8, 4) is 0 Å². The molecule has 48 heavy (non-hydrogen) atoms. The maximum absolute atomic E-state index is 11.5. The van der Waals surface area contributed by atoms with Crippen LogP contribution in [0.3, 0.4) is 0 Å². The molecule has 0 saturated carbocycles. The molecular weight excluding hydrogens is 644 g/mol. The lowest BCUT2D eigenvalue weighted by molar-refractivity contribution is -0.258. The van der Waals surface area contributed by atoms with Crippen LogP contribution < -0.4 is 21.7 Å². The van der Waals surface area contributed by atoms with Crippen LogP contribution in [0.2, 0.25) is 0 Å². The molecule has 18 heteroatoms. The summed E-state index contributed by atoms with van der Waals surface area (Å²) in [5, 5.41) is 36.6. The van der Waals surface area contributed by atoms with Gasteiger partial charge in [0.05, 0.1) is 13.7 Å². The normalized spacial score (nSPS) is 9.12. The highest BCUT2D eigenvalue weighted by molar-refractivity contribution is 5.91. The number of carboxylic acid groups (broad SMARTS) is 4. The van der Waals surface area contributed by atoms with Gasteiger partial charge in [0, 0.05) is 14.5 Å². The fourth-order valence-electron chi connectivity index (χ4n) is 2.37. The number of carbonyl (C=O) groups is 6. The first-order valence-electron chi connectivity index (χ1n) is 14.1. The van der Waals surface area contributed by atoms with Crippen LogP contribution in [-0.4, -0.2) is 78.3 Å². The first-order chi connectivity index (χ1) is 22.2. The highest BCUT2D eigenvalue weighted by Crippen LogP contribution is 2.11. The highest BCUT2D eigenvalue weighted by Gasteiger charge is 2.17. The van der Waals surface area contributed by atoms with Gasteiger partial charge in [0.15, 0.2) is 0 Å². The predicted molar refractivity (Wildman–Crippen MR) is 164 cm³/mol. The minimum Gasteiger partial charge on any atom is -0.542 e. The lowest BCUT2D eigenvalue weighted by atomic mass is 10.3. The van der Waals surface area contributed by atoms with Crippen LogP contribution in [0.1, 0.15) is 118 Å². The number of esters is 2. The molecule has 0 aliphatic heterocycles. The Balaban J connectivity index is -0.000000280. The van der Waals surface area contributed by atoms with E-state index in [0.717, 1.165) is 43.5 Å². The van der Waals surface area contributed by atoms with Crippen LogP contribution in [0, 0.1) is 0 Å². The zero-order valence-electron chi connectivity index (χ0n) is 27.0. The van der Waals surface area contributed by atoms with E-state index in [2.05, 4.69) is 34.3 Å². The Morgan fingerprint density at radius 2 is 1.00 bits per heavy atom. The number of ether oxygens (including phenoxy) is 2. The Bertz CT molecular complexity index is 1250. The maximum Gasteiger partial charge on any atom is 0.374 e. The van der Waals surface area contributed by atoms with Gasteiger partial charge in [-0.25, -0.2) is 19.2 Å². The van der Waals surface area contributed by atoms with Crippen molar-refractivity contribution >= 4 is 35.8 Å². The summed E-state index contributed by atoms with van der Waals surface area (Å²) in [4.78, 5) is 62.9. The minimum absolute atomic E-state index is 0. The van der Waals surface area contributed by atoms with Crippen molar-refractivity contribution in [3.63, 3.8) is 0 Å². The molecule has 0 radical (unpaired) electrons. The molecule has 0 aliphatic carbocycles. The van der Waals surface area contributed by atoms with Gasteiger partial charge in [-0.1, -0.05) is 46.5 Å². The van der Waals surface area contributed by atoms with E-state index < -0.39 is 47.3 Å². The number of unbranched alkanes of at least 4 members (excludes halogenated alkanes) is 3. The lowest BCUT2D eigenvalue weighted by Crippen LogP contribution is -2.23. The van der Waals surface area contributed by atoms with Crippen molar-refractivity contribution in [1.29, 1.82) is 0 Å². The van der Waals surface area contributed by atoms with Crippen LogP contribution >= 0.6 is 0 Å². The average molecular weight is 690 g/mol. The Hall–Kier alpha value is -5.46. The summed E-state index contributed by atoms with van der Waals surface area (Å²) in [5.41, 5.74) is 9.81. The highest BCUT2D eigenvalue weighted by atomic mass is 16.6. The molecule has 18 nitrogen and oxygen atoms in total. The largest absolute Gasteiger partial charge is 0.542 e. The van der Waals surface area contributed by atoms with Gasteiger partial charge in [-0.3, -0.25) is 0 Å². The number of hydrogen-bond donors (Lipinski definition) is 4.